The lowest BCUT2D eigenvalue weighted by Crippen LogP contribution is -2.45. The molecule has 3 heteroatoms. The maximum Gasteiger partial charge on any atom is 0.244 e. The van der Waals surface area contributed by atoms with E-state index in [0.717, 1.165) is 25.7 Å². The molecule has 2 atom stereocenters. The van der Waals surface area contributed by atoms with Crippen LogP contribution in [0.25, 0.3) is 0 Å². The first-order valence-electron chi connectivity index (χ1n) is 8.25. The van der Waals surface area contributed by atoms with E-state index in [4.69, 9.17) is 0 Å². The van der Waals surface area contributed by atoms with Crippen molar-refractivity contribution in [3.8, 4) is 0 Å². The van der Waals surface area contributed by atoms with Crippen LogP contribution in [0.4, 0.5) is 0 Å². The predicted octanol–water partition coefficient (Wildman–Crippen LogP) is 3.44. The van der Waals surface area contributed by atoms with Gasteiger partial charge in [0.2, 0.25) is 5.91 Å². The molecule has 0 aromatic heterocycles. The second-order valence-electron chi connectivity index (χ2n) is 6.41. The van der Waals surface area contributed by atoms with Crippen LogP contribution in [0.15, 0.2) is 0 Å². The highest BCUT2D eigenvalue weighted by Crippen LogP contribution is 2.38. The van der Waals surface area contributed by atoms with E-state index in [1.807, 2.05) is 0 Å². The highest BCUT2D eigenvalue weighted by Gasteiger charge is 2.52. The zero-order chi connectivity index (χ0) is 13.9. The summed E-state index contributed by atoms with van der Waals surface area (Å²) in [4.78, 5) is 15.0. The Bertz CT molecular complexity index is 310. The predicted molar refractivity (Wildman–Crippen MR) is 78.9 cm³/mol. The number of nitrogens with zero attached hydrogens (tertiary/aromatic N) is 1. The summed E-state index contributed by atoms with van der Waals surface area (Å²) in [6.07, 6.45) is 10.7. The Hall–Kier alpha value is -0.570. The molecule has 1 aliphatic carbocycles. The van der Waals surface area contributed by atoms with E-state index < -0.39 is 0 Å². The van der Waals surface area contributed by atoms with E-state index in [-0.39, 0.29) is 11.7 Å². The van der Waals surface area contributed by atoms with Crippen molar-refractivity contribution in [3.05, 3.63) is 0 Å². The topological polar surface area (TPSA) is 32.3 Å². The van der Waals surface area contributed by atoms with Crippen LogP contribution in [0.1, 0.15) is 78.6 Å². The molecule has 19 heavy (non-hydrogen) atoms. The molecule has 1 spiro atoms. The van der Waals surface area contributed by atoms with Gasteiger partial charge in [-0.05, 0) is 32.6 Å². The average Bonchev–Trinajstić information content (AvgIpc) is 2.97. The van der Waals surface area contributed by atoms with Crippen molar-refractivity contribution in [2.45, 2.75) is 96.3 Å². The second-order valence-corrected chi connectivity index (χ2v) is 6.41. The Morgan fingerprint density at radius 3 is 2.58 bits per heavy atom. The standard InChI is InChI=1S/C16H30N2O/c1-4-6-7-10-13(3)18-14(5-2)17-16(15(18)19)11-8-9-12-16/h13-14,17H,4-12H2,1-3H3. The number of carbonyl (C=O) groups is 1. The fraction of sp³-hybridized carbons (Fsp3) is 0.938. The summed E-state index contributed by atoms with van der Waals surface area (Å²) in [5.41, 5.74) is -0.195. The molecule has 1 heterocycles. The van der Waals surface area contributed by atoms with Crippen LogP contribution >= 0.6 is 0 Å². The maximum absolute atomic E-state index is 12.8. The lowest BCUT2D eigenvalue weighted by molar-refractivity contribution is -0.135. The molecule has 3 nitrogen and oxygen atoms in total. The van der Waals surface area contributed by atoms with Gasteiger partial charge in [0.15, 0.2) is 0 Å². The van der Waals surface area contributed by atoms with Gasteiger partial charge in [0.1, 0.15) is 0 Å². The Labute approximate surface area is 118 Å². The third-order valence-electron chi connectivity index (χ3n) is 4.97. The van der Waals surface area contributed by atoms with Gasteiger partial charge < -0.3 is 4.90 Å². The van der Waals surface area contributed by atoms with Gasteiger partial charge in [-0.3, -0.25) is 10.1 Å². The van der Waals surface area contributed by atoms with Gasteiger partial charge in [0, 0.05) is 6.04 Å². The van der Waals surface area contributed by atoms with Crippen LogP contribution in [-0.2, 0) is 4.79 Å². The fourth-order valence-corrected chi connectivity index (χ4v) is 3.81. The fourth-order valence-electron chi connectivity index (χ4n) is 3.81. The van der Waals surface area contributed by atoms with Crippen molar-refractivity contribution >= 4 is 5.91 Å². The molecule has 1 aliphatic heterocycles. The van der Waals surface area contributed by atoms with E-state index in [9.17, 15) is 4.79 Å². The molecule has 0 radical (unpaired) electrons. The Morgan fingerprint density at radius 2 is 2.00 bits per heavy atom. The highest BCUT2D eigenvalue weighted by atomic mass is 16.2. The SMILES string of the molecule is CCCCCC(C)N1C(=O)C2(CCCC2)NC1CC. The zero-order valence-corrected chi connectivity index (χ0v) is 12.9. The molecular weight excluding hydrogens is 236 g/mol. The van der Waals surface area contributed by atoms with Crippen molar-refractivity contribution < 1.29 is 4.79 Å². The first-order chi connectivity index (χ1) is 9.14. The van der Waals surface area contributed by atoms with E-state index in [1.165, 1.54) is 32.1 Å². The van der Waals surface area contributed by atoms with Crippen molar-refractivity contribution in [1.29, 1.82) is 0 Å². The Kier molecular flexibility index (Phi) is 4.88. The molecule has 0 aromatic carbocycles. The quantitative estimate of drug-likeness (QED) is 0.747. The summed E-state index contributed by atoms with van der Waals surface area (Å²) in [5.74, 6) is 0.390. The summed E-state index contributed by atoms with van der Waals surface area (Å²) in [7, 11) is 0. The van der Waals surface area contributed by atoms with Gasteiger partial charge in [-0.25, -0.2) is 0 Å². The first-order valence-corrected chi connectivity index (χ1v) is 8.25. The molecule has 0 aromatic rings. The van der Waals surface area contributed by atoms with Crippen LogP contribution in [0.5, 0.6) is 0 Å². The summed E-state index contributed by atoms with van der Waals surface area (Å²) >= 11 is 0. The van der Waals surface area contributed by atoms with E-state index >= 15 is 0 Å². The number of nitrogens with one attached hydrogen (secondary N) is 1. The Morgan fingerprint density at radius 1 is 1.32 bits per heavy atom. The van der Waals surface area contributed by atoms with Crippen molar-refractivity contribution in [2.75, 3.05) is 0 Å². The number of hydrogen-bond donors (Lipinski definition) is 1. The summed E-state index contributed by atoms with van der Waals surface area (Å²) in [5, 5.41) is 3.66. The molecular formula is C16H30N2O. The molecule has 0 bridgehead atoms. The van der Waals surface area contributed by atoms with Gasteiger partial charge in [0.05, 0.1) is 11.7 Å². The second kappa shape index (κ2) is 6.25. The lowest BCUT2D eigenvalue weighted by Gasteiger charge is -2.30. The summed E-state index contributed by atoms with van der Waals surface area (Å²) < 4.78 is 0. The normalized spacial score (nSPS) is 27.4. The summed E-state index contributed by atoms with van der Waals surface area (Å²) in [6.45, 7) is 6.64. The van der Waals surface area contributed by atoms with Crippen molar-refractivity contribution in [2.24, 2.45) is 0 Å². The lowest BCUT2D eigenvalue weighted by atomic mass is 9.97. The smallest absolute Gasteiger partial charge is 0.244 e. The number of hydrogen-bond acceptors (Lipinski definition) is 2. The van der Waals surface area contributed by atoms with E-state index in [0.29, 0.717) is 11.9 Å². The summed E-state index contributed by atoms with van der Waals surface area (Å²) in [6, 6.07) is 0.386. The number of unbranched alkanes of at least 4 members (excludes halogenated alkanes) is 2. The van der Waals surface area contributed by atoms with Crippen LogP contribution in [-0.4, -0.2) is 28.6 Å². The van der Waals surface area contributed by atoms with Crippen LogP contribution in [0.3, 0.4) is 0 Å². The van der Waals surface area contributed by atoms with Crippen molar-refractivity contribution in [1.82, 2.24) is 10.2 Å². The van der Waals surface area contributed by atoms with E-state index in [2.05, 4.69) is 31.0 Å². The largest absolute Gasteiger partial charge is 0.323 e. The minimum absolute atomic E-state index is 0.195. The van der Waals surface area contributed by atoms with Gasteiger partial charge >= 0.3 is 0 Å². The monoisotopic (exact) mass is 266 g/mol. The van der Waals surface area contributed by atoms with Crippen molar-refractivity contribution in [3.63, 3.8) is 0 Å². The number of carbonyl (C=O) groups excluding carboxylic acids is 1. The first kappa shape index (κ1) is 14.8. The molecule has 1 saturated carbocycles. The van der Waals surface area contributed by atoms with E-state index in [1.54, 1.807) is 0 Å². The zero-order valence-electron chi connectivity index (χ0n) is 12.9. The molecule has 1 saturated heterocycles. The van der Waals surface area contributed by atoms with Gasteiger partial charge in [-0.15, -0.1) is 0 Å². The third-order valence-corrected chi connectivity index (χ3v) is 4.97. The molecule has 2 unspecified atom stereocenters. The minimum Gasteiger partial charge on any atom is -0.323 e. The number of amides is 1. The minimum atomic E-state index is -0.195. The van der Waals surface area contributed by atoms with Gasteiger partial charge in [-0.2, -0.15) is 0 Å². The molecule has 1 amide bonds. The average molecular weight is 266 g/mol. The highest BCUT2D eigenvalue weighted by molar-refractivity contribution is 5.89. The van der Waals surface area contributed by atoms with Gasteiger partial charge in [0.25, 0.3) is 0 Å². The van der Waals surface area contributed by atoms with Crippen LogP contribution in [0, 0.1) is 0 Å². The molecule has 1 N–H and O–H groups in total. The third kappa shape index (κ3) is 2.81. The molecule has 2 rings (SSSR count). The van der Waals surface area contributed by atoms with Crippen LogP contribution in [0.2, 0.25) is 0 Å². The molecule has 110 valence electrons. The van der Waals surface area contributed by atoms with Crippen LogP contribution < -0.4 is 5.32 Å². The molecule has 2 fully saturated rings. The Balaban J connectivity index is 2.03. The maximum atomic E-state index is 12.8. The molecule has 2 aliphatic rings. The number of rotatable bonds is 6. The van der Waals surface area contributed by atoms with Gasteiger partial charge in [-0.1, -0.05) is 46.0 Å².